The Kier molecular flexibility index (Phi) is 4.26. The minimum Gasteiger partial charge on any atom is -0.378 e. The van der Waals surface area contributed by atoms with Gasteiger partial charge in [0.1, 0.15) is 4.60 Å². The van der Waals surface area contributed by atoms with Crippen molar-refractivity contribution in [3.63, 3.8) is 0 Å². The lowest BCUT2D eigenvalue weighted by atomic mass is 9.98. The molecule has 2 rings (SSSR count). The van der Waals surface area contributed by atoms with E-state index < -0.39 is 0 Å². The van der Waals surface area contributed by atoms with Crippen molar-refractivity contribution in [2.45, 2.75) is 39.7 Å². The van der Waals surface area contributed by atoms with Crippen molar-refractivity contribution >= 4 is 33.0 Å². The minimum atomic E-state index is 0.123. The molecule has 0 amide bonds. The summed E-state index contributed by atoms with van der Waals surface area (Å²) in [6.07, 6.45) is 0. The Morgan fingerprint density at radius 2 is 2.00 bits per heavy atom. The molecule has 102 valence electrons. The zero-order chi connectivity index (χ0) is 14.0. The molecule has 2 aromatic rings. The second kappa shape index (κ2) is 5.59. The van der Waals surface area contributed by atoms with Crippen LogP contribution in [0.3, 0.4) is 0 Å². The van der Waals surface area contributed by atoms with Crippen molar-refractivity contribution < 1.29 is 0 Å². The van der Waals surface area contributed by atoms with Crippen LogP contribution in [0.2, 0.25) is 0 Å². The highest BCUT2D eigenvalue weighted by molar-refractivity contribution is 9.10. The van der Waals surface area contributed by atoms with Crippen LogP contribution in [-0.4, -0.2) is 9.97 Å². The highest BCUT2D eigenvalue weighted by atomic mass is 79.9. The van der Waals surface area contributed by atoms with E-state index in [1.54, 1.807) is 11.3 Å². The van der Waals surface area contributed by atoms with E-state index >= 15 is 0 Å². The second-order valence-corrected chi connectivity index (χ2v) is 7.19. The molecular formula is C14H18BrN3S. The molecule has 0 spiro atoms. The smallest absolute Gasteiger partial charge is 0.106 e. The molecule has 0 aromatic carbocycles. The Bertz CT molecular complexity index is 572. The summed E-state index contributed by atoms with van der Waals surface area (Å²) in [5.74, 6) is 0. The Hall–Kier alpha value is -0.940. The first-order valence-electron chi connectivity index (χ1n) is 6.18. The molecular weight excluding hydrogens is 322 g/mol. The average Bonchev–Trinajstić information content (AvgIpc) is 2.76. The van der Waals surface area contributed by atoms with Gasteiger partial charge in [-0.15, -0.1) is 11.3 Å². The summed E-state index contributed by atoms with van der Waals surface area (Å²) in [6, 6.07) is 3.97. The molecule has 0 bridgehead atoms. The first-order chi connectivity index (χ1) is 8.86. The average molecular weight is 340 g/mol. The van der Waals surface area contributed by atoms with Crippen molar-refractivity contribution in [1.82, 2.24) is 9.97 Å². The highest BCUT2D eigenvalue weighted by Crippen LogP contribution is 2.26. The van der Waals surface area contributed by atoms with E-state index in [4.69, 9.17) is 0 Å². The monoisotopic (exact) mass is 339 g/mol. The van der Waals surface area contributed by atoms with Crippen LogP contribution < -0.4 is 5.32 Å². The summed E-state index contributed by atoms with van der Waals surface area (Å²) < 4.78 is 0.860. The number of hydrogen-bond acceptors (Lipinski definition) is 4. The molecule has 0 unspecified atom stereocenters. The molecule has 19 heavy (non-hydrogen) atoms. The van der Waals surface area contributed by atoms with E-state index in [2.05, 4.69) is 57.4 Å². The first kappa shape index (κ1) is 14.5. The molecule has 0 saturated heterocycles. The Morgan fingerprint density at radius 3 is 2.58 bits per heavy atom. The van der Waals surface area contributed by atoms with Gasteiger partial charge in [-0.2, -0.15) is 0 Å². The van der Waals surface area contributed by atoms with Crippen molar-refractivity contribution in [3.8, 4) is 0 Å². The van der Waals surface area contributed by atoms with Gasteiger partial charge in [0.15, 0.2) is 0 Å². The van der Waals surface area contributed by atoms with E-state index in [-0.39, 0.29) is 5.41 Å². The third-order valence-electron chi connectivity index (χ3n) is 2.71. The van der Waals surface area contributed by atoms with Gasteiger partial charge >= 0.3 is 0 Å². The molecule has 0 aliphatic heterocycles. The van der Waals surface area contributed by atoms with Gasteiger partial charge in [0.25, 0.3) is 0 Å². The van der Waals surface area contributed by atoms with E-state index in [1.807, 2.05) is 19.1 Å². The van der Waals surface area contributed by atoms with E-state index in [0.717, 1.165) is 28.2 Å². The molecule has 0 aliphatic rings. The summed E-state index contributed by atoms with van der Waals surface area (Å²) in [7, 11) is 0. The number of aryl methyl sites for hydroxylation is 1. The van der Waals surface area contributed by atoms with E-state index in [0.29, 0.717) is 0 Å². The standard InChI is InChI=1S/C14H18BrN3S/c1-9-11(5-6-12(15)17-9)16-7-10-8-19-13(18-10)14(2,3)4/h5-6,8,16H,7H2,1-4H3. The molecule has 0 atom stereocenters. The van der Waals surface area contributed by atoms with Gasteiger partial charge in [-0.1, -0.05) is 20.8 Å². The molecule has 2 heterocycles. The van der Waals surface area contributed by atoms with Crippen LogP contribution in [0.4, 0.5) is 5.69 Å². The Labute approximate surface area is 126 Å². The van der Waals surface area contributed by atoms with Crippen LogP contribution in [0.5, 0.6) is 0 Å². The van der Waals surface area contributed by atoms with Gasteiger partial charge in [0.05, 0.1) is 28.6 Å². The fourth-order valence-electron chi connectivity index (χ4n) is 1.64. The van der Waals surface area contributed by atoms with Gasteiger partial charge in [-0.3, -0.25) is 0 Å². The van der Waals surface area contributed by atoms with Gasteiger partial charge < -0.3 is 5.32 Å². The zero-order valence-corrected chi connectivity index (χ0v) is 14.0. The second-order valence-electron chi connectivity index (χ2n) is 5.51. The summed E-state index contributed by atoms with van der Waals surface area (Å²) in [5, 5.41) is 6.68. The van der Waals surface area contributed by atoms with Crippen molar-refractivity contribution in [2.75, 3.05) is 5.32 Å². The van der Waals surface area contributed by atoms with Gasteiger partial charge in [0.2, 0.25) is 0 Å². The fraction of sp³-hybridized carbons (Fsp3) is 0.429. The SMILES string of the molecule is Cc1nc(Br)ccc1NCc1csc(C(C)(C)C)n1. The lowest BCUT2D eigenvalue weighted by molar-refractivity contribution is 0.583. The number of nitrogens with zero attached hydrogens (tertiary/aromatic N) is 2. The molecule has 0 saturated carbocycles. The van der Waals surface area contributed by atoms with Gasteiger partial charge in [-0.05, 0) is 35.0 Å². The van der Waals surface area contributed by atoms with Crippen LogP contribution in [0.1, 0.15) is 37.2 Å². The van der Waals surface area contributed by atoms with E-state index in [1.165, 1.54) is 5.01 Å². The largest absolute Gasteiger partial charge is 0.378 e. The Balaban J connectivity index is 2.04. The molecule has 0 aliphatic carbocycles. The quantitative estimate of drug-likeness (QED) is 0.835. The third-order valence-corrected chi connectivity index (χ3v) is 4.46. The maximum absolute atomic E-state index is 4.67. The zero-order valence-electron chi connectivity index (χ0n) is 11.6. The van der Waals surface area contributed by atoms with Crippen LogP contribution in [-0.2, 0) is 12.0 Å². The van der Waals surface area contributed by atoms with Gasteiger partial charge in [0, 0.05) is 10.8 Å². The number of nitrogens with one attached hydrogen (secondary N) is 1. The predicted octanol–water partition coefficient (Wildman–Crippen LogP) is 4.52. The molecule has 5 heteroatoms. The van der Waals surface area contributed by atoms with Crippen molar-refractivity contribution in [1.29, 1.82) is 0 Å². The van der Waals surface area contributed by atoms with Crippen LogP contribution in [0.25, 0.3) is 0 Å². The maximum atomic E-state index is 4.67. The lowest BCUT2D eigenvalue weighted by Crippen LogP contribution is -2.11. The van der Waals surface area contributed by atoms with E-state index in [9.17, 15) is 0 Å². The number of rotatable bonds is 3. The normalized spacial score (nSPS) is 11.6. The van der Waals surface area contributed by atoms with Gasteiger partial charge in [-0.25, -0.2) is 9.97 Å². The summed E-state index contributed by atoms with van der Waals surface area (Å²) in [6.45, 7) is 9.29. The molecule has 1 N–H and O–H groups in total. The minimum absolute atomic E-state index is 0.123. The molecule has 3 nitrogen and oxygen atoms in total. The third kappa shape index (κ3) is 3.76. The highest BCUT2D eigenvalue weighted by Gasteiger charge is 2.17. The predicted molar refractivity (Wildman–Crippen MR) is 84.8 cm³/mol. The molecule has 0 radical (unpaired) electrons. The topological polar surface area (TPSA) is 37.8 Å². The number of aromatic nitrogens is 2. The summed E-state index contributed by atoms with van der Waals surface area (Å²) in [4.78, 5) is 9.04. The summed E-state index contributed by atoms with van der Waals surface area (Å²) in [5.41, 5.74) is 3.24. The van der Waals surface area contributed by atoms with Crippen LogP contribution >= 0.6 is 27.3 Å². The summed E-state index contributed by atoms with van der Waals surface area (Å²) >= 11 is 5.09. The fourth-order valence-corrected chi connectivity index (χ4v) is 2.94. The van der Waals surface area contributed by atoms with Crippen molar-refractivity contribution in [3.05, 3.63) is 38.5 Å². The molecule has 2 aromatic heterocycles. The Morgan fingerprint density at radius 1 is 1.26 bits per heavy atom. The number of thiazole rings is 1. The number of anilines is 1. The number of hydrogen-bond donors (Lipinski definition) is 1. The van der Waals surface area contributed by atoms with Crippen LogP contribution in [0.15, 0.2) is 22.1 Å². The number of halogens is 1. The van der Waals surface area contributed by atoms with Crippen molar-refractivity contribution in [2.24, 2.45) is 0 Å². The maximum Gasteiger partial charge on any atom is 0.106 e. The molecule has 0 fully saturated rings. The number of pyridine rings is 1. The van der Waals surface area contributed by atoms with Crippen LogP contribution in [0, 0.1) is 6.92 Å². The lowest BCUT2D eigenvalue weighted by Gasteiger charge is -2.13. The first-order valence-corrected chi connectivity index (χ1v) is 7.85.